The van der Waals surface area contributed by atoms with Gasteiger partial charge in [-0.3, -0.25) is 9.69 Å². The van der Waals surface area contributed by atoms with E-state index in [-0.39, 0.29) is 5.91 Å². The van der Waals surface area contributed by atoms with Crippen LogP contribution in [0.5, 0.6) is 0 Å². The van der Waals surface area contributed by atoms with Crippen molar-refractivity contribution in [1.29, 1.82) is 0 Å². The number of aliphatic imine (C=N–C) groups is 1. The number of hydrogen-bond donors (Lipinski definition) is 0. The predicted octanol–water partition coefficient (Wildman–Crippen LogP) is 3.38. The molecule has 0 bridgehead atoms. The van der Waals surface area contributed by atoms with Gasteiger partial charge in [0.25, 0.3) is 5.91 Å². The molecule has 6 heteroatoms. The Morgan fingerprint density at radius 3 is 2.54 bits per heavy atom. The summed E-state index contributed by atoms with van der Waals surface area (Å²) in [6.07, 6.45) is 3.58. The fourth-order valence-corrected chi connectivity index (χ4v) is 3.16. The number of amidine groups is 1. The third-order valence-electron chi connectivity index (χ3n) is 3.57. The minimum absolute atomic E-state index is 0.0497. The molecule has 0 radical (unpaired) electrons. The standard InChI is InChI=1S/C18H18N4OS/c1-21(2)14-9-7-13(8-10-14)12-15-17(23)22(3)18(24-15)20-16-6-4-5-11-19-16/h4-12H,1-3H3/b15-12-,20-18+. The molecule has 0 unspecified atom stereocenters. The van der Waals surface area contributed by atoms with E-state index >= 15 is 0 Å². The van der Waals surface area contributed by atoms with Gasteiger partial charge in [-0.05, 0) is 47.7 Å². The molecule has 1 amide bonds. The number of carbonyl (C=O) groups excluding carboxylic acids is 1. The molecule has 0 atom stereocenters. The fourth-order valence-electron chi connectivity index (χ4n) is 2.19. The van der Waals surface area contributed by atoms with Gasteiger partial charge in [-0.25, -0.2) is 9.98 Å². The number of carbonyl (C=O) groups is 1. The summed E-state index contributed by atoms with van der Waals surface area (Å²) < 4.78 is 0. The van der Waals surface area contributed by atoms with E-state index in [0.29, 0.717) is 15.9 Å². The van der Waals surface area contributed by atoms with E-state index in [4.69, 9.17) is 0 Å². The Hall–Kier alpha value is -2.60. The van der Waals surface area contributed by atoms with Crippen LogP contribution in [0, 0.1) is 0 Å². The van der Waals surface area contributed by atoms with Gasteiger partial charge in [0.2, 0.25) is 0 Å². The first-order chi connectivity index (χ1) is 11.5. The maximum absolute atomic E-state index is 12.4. The number of hydrogen-bond acceptors (Lipinski definition) is 5. The number of pyridine rings is 1. The molecule has 0 spiro atoms. The second-order valence-corrected chi connectivity index (χ2v) is 6.55. The van der Waals surface area contributed by atoms with Gasteiger partial charge in [0, 0.05) is 33.0 Å². The molecule has 2 aromatic rings. The molecular formula is C18H18N4OS. The van der Waals surface area contributed by atoms with E-state index < -0.39 is 0 Å². The second-order valence-electron chi connectivity index (χ2n) is 5.54. The molecule has 0 saturated carbocycles. The normalized spacial score (nSPS) is 17.8. The zero-order valence-corrected chi connectivity index (χ0v) is 14.6. The van der Waals surface area contributed by atoms with Crippen LogP contribution < -0.4 is 4.90 Å². The van der Waals surface area contributed by atoms with Gasteiger partial charge in [-0.15, -0.1) is 0 Å². The Morgan fingerprint density at radius 1 is 1.17 bits per heavy atom. The number of aromatic nitrogens is 1. The maximum Gasteiger partial charge on any atom is 0.266 e. The van der Waals surface area contributed by atoms with Crippen molar-refractivity contribution in [2.75, 3.05) is 26.0 Å². The predicted molar refractivity (Wildman–Crippen MR) is 100 cm³/mol. The minimum Gasteiger partial charge on any atom is -0.378 e. The van der Waals surface area contributed by atoms with Crippen LogP contribution in [0.15, 0.2) is 58.6 Å². The van der Waals surface area contributed by atoms with Gasteiger partial charge < -0.3 is 4.90 Å². The first-order valence-corrected chi connectivity index (χ1v) is 8.31. The van der Waals surface area contributed by atoms with Crippen LogP contribution >= 0.6 is 11.8 Å². The number of likely N-dealkylation sites (N-methyl/N-ethyl adjacent to an activating group) is 1. The summed E-state index contributed by atoms with van der Waals surface area (Å²) in [6.45, 7) is 0. The zero-order chi connectivity index (χ0) is 17.1. The molecule has 122 valence electrons. The lowest BCUT2D eigenvalue weighted by Gasteiger charge is -2.11. The number of thioether (sulfide) groups is 1. The average molecular weight is 338 g/mol. The molecule has 1 aliphatic rings. The second kappa shape index (κ2) is 6.88. The molecule has 3 rings (SSSR count). The van der Waals surface area contributed by atoms with Crippen LogP contribution in [-0.4, -0.2) is 42.1 Å². The van der Waals surface area contributed by atoms with Gasteiger partial charge in [0.15, 0.2) is 11.0 Å². The van der Waals surface area contributed by atoms with Gasteiger partial charge in [-0.2, -0.15) is 0 Å². The van der Waals surface area contributed by atoms with Crippen molar-refractivity contribution in [1.82, 2.24) is 9.88 Å². The molecule has 5 nitrogen and oxygen atoms in total. The van der Waals surface area contributed by atoms with Crippen LogP contribution in [-0.2, 0) is 4.79 Å². The Kier molecular flexibility index (Phi) is 4.66. The van der Waals surface area contributed by atoms with E-state index in [1.54, 1.807) is 18.1 Å². The maximum atomic E-state index is 12.4. The molecule has 1 fully saturated rings. The Labute approximate surface area is 145 Å². The van der Waals surface area contributed by atoms with E-state index in [1.807, 2.05) is 67.5 Å². The summed E-state index contributed by atoms with van der Waals surface area (Å²) in [5, 5.41) is 0.634. The molecule has 1 aliphatic heterocycles. The van der Waals surface area contributed by atoms with Crippen molar-refractivity contribution >= 4 is 40.4 Å². The topological polar surface area (TPSA) is 48.8 Å². The highest BCUT2D eigenvalue weighted by molar-refractivity contribution is 8.18. The molecular weight excluding hydrogens is 320 g/mol. The molecule has 24 heavy (non-hydrogen) atoms. The number of anilines is 1. The van der Waals surface area contributed by atoms with E-state index in [1.165, 1.54) is 11.8 Å². The lowest BCUT2D eigenvalue weighted by molar-refractivity contribution is -0.121. The van der Waals surface area contributed by atoms with Crippen molar-refractivity contribution in [3.05, 3.63) is 59.1 Å². The summed E-state index contributed by atoms with van der Waals surface area (Å²) in [5.41, 5.74) is 2.11. The van der Waals surface area contributed by atoms with Gasteiger partial charge in [-0.1, -0.05) is 18.2 Å². The highest BCUT2D eigenvalue weighted by atomic mass is 32.2. The zero-order valence-electron chi connectivity index (χ0n) is 13.8. The van der Waals surface area contributed by atoms with E-state index in [2.05, 4.69) is 9.98 Å². The number of benzene rings is 1. The first kappa shape index (κ1) is 16.3. The van der Waals surface area contributed by atoms with Crippen LogP contribution in [0.3, 0.4) is 0 Å². The average Bonchev–Trinajstić information content (AvgIpc) is 2.84. The summed E-state index contributed by atoms with van der Waals surface area (Å²) in [6, 6.07) is 13.6. The van der Waals surface area contributed by atoms with Crippen molar-refractivity contribution in [3.8, 4) is 0 Å². The van der Waals surface area contributed by atoms with Crippen LogP contribution in [0.1, 0.15) is 5.56 Å². The van der Waals surface area contributed by atoms with Gasteiger partial charge >= 0.3 is 0 Å². The fraction of sp³-hybridized carbons (Fsp3) is 0.167. The van der Waals surface area contributed by atoms with E-state index in [9.17, 15) is 4.79 Å². The number of amides is 1. The highest BCUT2D eigenvalue weighted by Gasteiger charge is 2.30. The van der Waals surface area contributed by atoms with Crippen LogP contribution in [0.25, 0.3) is 6.08 Å². The van der Waals surface area contributed by atoms with Crippen molar-refractivity contribution < 1.29 is 4.79 Å². The molecule has 2 heterocycles. The molecule has 0 aliphatic carbocycles. The highest BCUT2D eigenvalue weighted by Crippen LogP contribution is 2.32. The van der Waals surface area contributed by atoms with E-state index in [0.717, 1.165) is 11.3 Å². The lowest BCUT2D eigenvalue weighted by atomic mass is 10.2. The molecule has 0 N–H and O–H groups in total. The quantitative estimate of drug-likeness (QED) is 0.805. The third kappa shape index (κ3) is 3.49. The lowest BCUT2D eigenvalue weighted by Crippen LogP contribution is -2.23. The van der Waals surface area contributed by atoms with Crippen LogP contribution in [0.2, 0.25) is 0 Å². The molecule has 1 aromatic heterocycles. The van der Waals surface area contributed by atoms with Crippen molar-refractivity contribution in [3.63, 3.8) is 0 Å². The minimum atomic E-state index is -0.0497. The third-order valence-corrected chi connectivity index (χ3v) is 4.63. The van der Waals surface area contributed by atoms with Crippen LogP contribution in [0.4, 0.5) is 11.5 Å². The Bertz CT molecular complexity index is 798. The van der Waals surface area contributed by atoms with Gasteiger partial charge in [0.05, 0.1) is 4.91 Å². The van der Waals surface area contributed by atoms with Gasteiger partial charge in [0.1, 0.15) is 0 Å². The Morgan fingerprint density at radius 2 is 1.92 bits per heavy atom. The summed E-state index contributed by atoms with van der Waals surface area (Å²) >= 11 is 1.36. The smallest absolute Gasteiger partial charge is 0.266 e. The number of nitrogens with zero attached hydrogens (tertiary/aromatic N) is 4. The Balaban J connectivity index is 1.84. The van der Waals surface area contributed by atoms with Crippen molar-refractivity contribution in [2.24, 2.45) is 4.99 Å². The molecule has 1 saturated heterocycles. The largest absolute Gasteiger partial charge is 0.378 e. The summed E-state index contributed by atoms with van der Waals surface area (Å²) in [4.78, 5) is 25.3. The summed E-state index contributed by atoms with van der Waals surface area (Å²) in [7, 11) is 5.73. The SMILES string of the molecule is CN1C(=O)/C(=C/c2ccc(N(C)C)cc2)S/C1=N/c1ccccn1. The monoisotopic (exact) mass is 338 g/mol. The number of rotatable bonds is 3. The van der Waals surface area contributed by atoms with Crippen molar-refractivity contribution in [2.45, 2.75) is 0 Å². The summed E-state index contributed by atoms with van der Waals surface area (Å²) in [5.74, 6) is 0.544. The molecule has 1 aromatic carbocycles. The first-order valence-electron chi connectivity index (χ1n) is 7.49.